The number of rotatable bonds is 6. The average molecular weight is 424 g/mol. The molecule has 0 radical (unpaired) electrons. The van der Waals surface area contributed by atoms with E-state index < -0.39 is 18.0 Å². The summed E-state index contributed by atoms with van der Waals surface area (Å²) in [5.41, 5.74) is 3.12. The maximum atomic E-state index is 13.1. The van der Waals surface area contributed by atoms with Crippen LogP contribution in [0.4, 0.5) is 9.52 Å². The summed E-state index contributed by atoms with van der Waals surface area (Å²) in [7, 11) is 0. The minimum absolute atomic E-state index is 0.306. The van der Waals surface area contributed by atoms with Crippen molar-refractivity contribution in [3.63, 3.8) is 0 Å². The second kappa shape index (κ2) is 8.42. The molecule has 0 spiro atoms. The van der Waals surface area contributed by atoms with Crippen LogP contribution >= 0.6 is 11.3 Å². The van der Waals surface area contributed by atoms with Gasteiger partial charge in [0, 0.05) is 10.9 Å². The second-order valence-electron chi connectivity index (χ2n) is 6.47. The highest BCUT2D eigenvalue weighted by Gasteiger charge is 2.23. The largest absolute Gasteiger partial charge is 0.449 e. The molecule has 0 saturated carbocycles. The number of aromatic nitrogens is 3. The van der Waals surface area contributed by atoms with E-state index in [0.717, 1.165) is 11.1 Å². The number of fused-ring (bicyclic) bond motifs is 1. The van der Waals surface area contributed by atoms with Crippen LogP contribution in [0.3, 0.4) is 0 Å². The monoisotopic (exact) mass is 424 g/mol. The smallest absolute Gasteiger partial charge is 0.338 e. The van der Waals surface area contributed by atoms with Crippen molar-refractivity contribution in [2.24, 2.45) is 0 Å². The molecule has 2 N–H and O–H groups in total. The van der Waals surface area contributed by atoms with Gasteiger partial charge in [0.15, 0.2) is 11.2 Å². The van der Waals surface area contributed by atoms with Gasteiger partial charge >= 0.3 is 5.97 Å². The lowest BCUT2D eigenvalue weighted by Crippen LogP contribution is -2.32. The Bertz CT molecular complexity index is 1200. The molecule has 9 heteroatoms. The quantitative estimate of drug-likeness (QED) is 0.447. The van der Waals surface area contributed by atoms with Gasteiger partial charge in [-0.25, -0.2) is 19.2 Å². The number of thiazole rings is 1. The normalized spacial score (nSPS) is 11.9. The number of H-pyrrole nitrogens is 1. The molecule has 0 aliphatic carbocycles. The van der Waals surface area contributed by atoms with E-state index in [1.165, 1.54) is 29.8 Å². The number of halogens is 1. The second-order valence-corrected chi connectivity index (χ2v) is 7.33. The van der Waals surface area contributed by atoms with Gasteiger partial charge in [0.2, 0.25) is 0 Å². The first-order valence-corrected chi connectivity index (χ1v) is 10.1. The Morgan fingerprint density at radius 3 is 2.80 bits per heavy atom. The number of carbonyl (C=O) groups is 2. The van der Waals surface area contributed by atoms with E-state index in [2.05, 4.69) is 20.3 Å². The Kier molecular flexibility index (Phi) is 5.53. The Morgan fingerprint density at radius 1 is 1.23 bits per heavy atom. The summed E-state index contributed by atoms with van der Waals surface area (Å²) < 4.78 is 18.5. The average Bonchev–Trinajstić information content (AvgIpc) is 3.41. The molecule has 1 amide bonds. The number of amides is 1. The Morgan fingerprint density at radius 2 is 2.03 bits per heavy atom. The Labute approximate surface area is 174 Å². The lowest BCUT2D eigenvalue weighted by atomic mass is 10.2. The summed E-state index contributed by atoms with van der Waals surface area (Å²) in [5.74, 6) is -1.39. The summed E-state index contributed by atoms with van der Waals surface area (Å²) in [5, 5.41) is 4.81. The fourth-order valence-corrected chi connectivity index (χ4v) is 3.57. The van der Waals surface area contributed by atoms with Gasteiger partial charge in [-0.3, -0.25) is 10.1 Å². The number of hydrogen-bond donors (Lipinski definition) is 2. The first-order valence-electron chi connectivity index (χ1n) is 9.20. The van der Waals surface area contributed by atoms with Crippen LogP contribution in [0.5, 0.6) is 0 Å². The number of anilines is 1. The minimum atomic E-state index is -0.965. The van der Waals surface area contributed by atoms with Crippen molar-refractivity contribution in [3.8, 4) is 11.3 Å². The van der Waals surface area contributed by atoms with E-state index >= 15 is 0 Å². The van der Waals surface area contributed by atoms with E-state index in [4.69, 9.17) is 4.74 Å². The molecule has 1 atom stereocenters. The van der Waals surface area contributed by atoms with Crippen LogP contribution in [0.25, 0.3) is 22.3 Å². The highest BCUT2D eigenvalue weighted by Crippen LogP contribution is 2.25. The van der Waals surface area contributed by atoms with Crippen molar-refractivity contribution >= 4 is 39.4 Å². The number of benzene rings is 2. The zero-order valence-electron chi connectivity index (χ0n) is 15.9. The van der Waals surface area contributed by atoms with Crippen molar-refractivity contribution in [1.29, 1.82) is 0 Å². The van der Waals surface area contributed by atoms with Crippen LogP contribution in [0, 0.1) is 5.82 Å². The van der Waals surface area contributed by atoms with Crippen molar-refractivity contribution in [2.45, 2.75) is 19.4 Å². The SMILES string of the molecule is CCC(OC(=O)c1ccc2nc[nH]c2c1)C(=O)Nc1nc(-c2ccc(F)cc2)cs1. The maximum Gasteiger partial charge on any atom is 0.338 e. The summed E-state index contributed by atoms with van der Waals surface area (Å²) in [4.78, 5) is 36.4. The van der Waals surface area contributed by atoms with Gasteiger partial charge in [-0.2, -0.15) is 0 Å². The van der Waals surface area contributed by atoms with Crippen molar-refractivity contribution in [2.75, 3.05) is 5.32 Å². The van der Waals surface area contributed by atoms with Gasteiger partial charge in [0.05, 0.1) is 28.6 Å². The third-order valence-corrected chi connectivity index (χ3v) is 5.20. The van der Waals surface area contributed by atoms with E-state index in [1.54, 1.807) is 42.6 Å². The summed E-state index contributed by atoms with van der Waals surface area (Å²) in [6.45, 7) is 1.75. The van der Waals surface area contributed by atoms with Crippen LogP contribution in [-0.4, -0.2) is 32.9 Å². The van der Waals surface area contributed by atoms with Gasteiger partial charge in [-0.05, 0) is 48.9 Å². The highest BCUT2D eigenvalue weighted by molar-refractivity contribution is 7.14. The third kappa shape index (κ3) is 4.20. The molecule has 152 valence electrons. The van der Waals surface area contributed by atoms with Crippen LogP contribution in [-0.2, 0) is 9.53 Å². The van der Waals surface area contributed by atoms with Crippen molar-refractivity contribution in [1.82, 2.24) is 15.0 Å². The number of imidazole rings is 1. The molecule has 2 aromatic heterocycles. The van der Waals surface area contributed by atoms with E-state index in [9.17, 15) is 14.0 Å². The van der Waals surface area contributed by atoms with Gasteiger partial charge in [-0.1, -0.05) is 6.92 Å². The molecule has 30 heavy (non-hydrogen) atoms. The number of nitrogens with one attached hydrogen (secondary N) is 2. The molecule has 0 bridgehead atoms. The van der Waals surface area contributed by atoms with E-state index in [1.807, 2.05) is 0 Å². The lowest BCUT2D eigenvalue weighted by molar-refractivity contribution is -0.124. The molecule has 2 aromatic carbocycles. The first kappa shape index (κ1) is 19.7. The number of nitrogens with zero attached hydrogens (tertiary/aromatic N) is 2. The molecule has 2 heterocycles. The number of esters is 1. The highest BCUT2D eigenvalue weighted by atomic mass is 32.1. The molecule has 4 aromatic rings. The molecule has 0 saturated heterocycles. The Balaban J connectivity index is 1.42. The topological polar surface area (TPSA) is 97.0 Å². The molecule has 0 aliphatic heterocycles. The number of aromatic amines is 1. The molecule has 7 nitrogen and oxygen atoms in total. The van der Waals surface area contributed by atoms with Gasteiger partial charge in [-0.15, -0.1) is 11.3 Å². The van der Waals surface area contributed by atoms with Crippen LogP contribution in [0.1, 0.15) is 23.7 Å². The Hall–Kier alpha value is -3.59. The van der Waals surface area contributed by atoms with Crippen molar-refractivity contribution in [3.05, 3.63) is 65.6 Å². The molecule has 4 rings (SSSR count). The summed E-state index contributed by atoms with van der Waals surface area (Å²) in [6, 6.07) is 10.9. The van der Waals surface area contributed by atoms with Crippen molar-refractivity contribution < 1.29 is 18.7 Å². The molecule has 0 fully saturated rings. The van der Waals surface area contributed by atoms with Gasteiger partial charge < -0.3 is 9.72 Å². The fourth-order valence-electron chi connectivity index (χ4n) is 2.85. The fraction of sp³-hybridized carbons (Fsp3) is 0.143. The zero-order valence-corrected chi connectivity index (χ0v) is 16.7. The standard InChI is InChI=1S/C21H17FN4O3S/c1-2-18(29-20(28)13-5-8-15-16(9-13)24-11-23-15)19(27)26-21-25-17(10-30-21)12-3-6-14(22)7-4-12/h3-11,18H,2H2,1H3,(H,23,24)(H,25,26,27). The van der Waals surface area contributed by atoms with Gasteiger partial charge in [0.1, 0.15) is 5.82 Å². The number of ether oxygens (including phenoxy) is 1. The zero-order chi connectivity index (χ0) is 21.1. The summed E-state index contributed by atoms with van der Waals surface area (Å²) in [6.07, 6.45) is 0.879. The predicted octanol–water partition coefficient (Wildman–Crippen LogP) is 4.40. The number of carbonyl (C=O) groups excluding carboxylic acids is 2. The van der Waals surface area contributed by atoms with Crippen LogP contribution in [0.15, 0.2) is 54.2 Å². The van der Waals surface area contributed by atoms with Gasteiger partial charge in [0.25, 0.3) is 5.91 Å². The third-order valence-electron chi connectivity index (χ3n) is 4.44. The molecule has 1 unspecified atom stereocenters. The lowest BCUT2D eigenvalue weighted by Gasteiger charge is -2.15. The number of hydrogen-bond acceptors (Lipinski definition) is 6. The summed E-state index contributed by atoms with van der Waals surface area (Å²) >= 11 is 1.23. The minimum Gasteiger partial charge on any atom is -0.449 e. The molecular formula is C21H17FN4O3S. The molecule has 0 aliphatic rings. The van der Waals surface area contributed by atoms with E-state index in [-0.39, 0.29) is 5.82 Å². The van der Waals surface area contributed by atoms with E-state index in [0.29, 0.717) is 28.3 Å². The van der Waals surface area contributed by atoms with Crippen LogP contribution in [0.2, 0.25) is 0 Å². The van der Waals surface area contributed by atoms with Crippen LogP contribution < -0.4 is 5.32 Å². The molecular weight excluding hydrogens is 407 g/mol. The maximum absolute atomic E-state index is 13.1. The predicted molar refractivity (Wildman–Crippen MR) is 112 cm³/mol. The first-order chi connectivity index (χ1) is 14.5.